The Morgan fingerprint density at radius 1 is 1.26 bits per heavy atom. The molecule has 0 unspecified atom stereocenters. The molecular weight excluding hydrogens is 243 g/mol. The number of anilines is 1. The van der Waals surface area contributed by atoms with E-state index in [1.807, 2.05) is 12.1 Å². The summed E-state index contributed by atoms with van der Waals surface area (Å²) in [5.41, 5.74) is 0.776. The molecule has 0 atom stereocenters. The predicted molar refractivity (Wildman–Crippen MR) is 71.1 cm³/mol. The molecule has 19 heavy (non-hydrogen) atoms. The fourth-order valence-electron chi connectivity index (χ4n) is 1.38. The third-order valence-electron chi connectivity index (χ3n) is 2.32. The maximum absolute atomic E-state index is 13.3. The molecule has 4 nitrogen and oxygen atoms in total. The van der Waals surface area contributed by atoms with E-state index in [-0.39, 0.29) is 11.4 Å². The summed E-state index contributed by atoms with van der Waals surface area (Å²) < 4.78 is 13.3. The molecule has 1 aromatic rings. The van der Waals surface area contributed by atoms with Crippen LogP contribution in [-0.2, 0) is 0 Å². The monoisotopic (exact) mass is 256 g/mol. The van der Waals surface area contributed by atoms with Crippen molar-refractivity contribution in [2.24, 2.45) is 0 Å². The molecule has 0 saturated heterocycles. The molecule has 0 fully saturated rings. The second kappa shape index (κ2) is 6.83. The average molecular weight is 256 g/mol. The second-order valence-corrected chi connectivity index (χ2v) is 3.84. The molecule has 0 aliphatic carbocycles. The Hall–Kier alpha value is -2.79. The lowest BCUT2D eigenvalue weighted by Crippen LogP contribution is -2.11. The molecule has 0 bridgehead atoms. The van der Waals surface area contributed by atoms with Gasteiger partial charge in [-0.05, 0) is 18.2 Å². The van der Waals surface area contributed by atoms with Crippen molar-refractivity contribution in [3.05, 3.63) is 53.6 Å². The van der Waals surface area contributed by atoms with Crippen molar-refractivity contribution in [2.75, 3.05) is 19.4 Å². The van der Waals surface area contributed by atoms with Gasteiger partial charge < -0.3 is 10.2 Å². The Morgan fingerprint density at radius 3 is 2.42 bits per heavy atom. The SMILES string of the molecule is CN(C)C(C=CNc1ccccc1F)=C(C#N)C#N. The molecule has 1 aromatic carbocycles. The summed E-state index contributed by atoms with van der Waals surface area (Å²) in [6.07, 6.45) is 3.04. The Bertz CT molecular complexity index is 572. The van der Waals surface area contributed by atoms with Crippen molar-refractivity contribution in [2.45, 2.75) is 0 Å². The number of para-hydroxylation sites is 1. The zero-order valence-electron chi connectivity index (χ0n) is 10.7. The molecule has 1 rings (SSSR count). The lowest BCUT2D eigenvalue weighted by atomic mass is 10.2. The second-order valence-electron chi connectivity index (χ2n) is 3.84. The van der Waals surface area contributed by atoms with Crippen LogP contribution < -0.4 is 5.32 Å². The van der Waals surface area contributed by atoms with E-state index in [0.717, 1.165) is 0 Å². The van der Waals surface area contributed by atoms with Crippen molar-refractivity contribution in [3.8, 4) is 12.1 Å². The van der Waals surface area contributed by atoms with E-state index in [1.54, 1.807) is 43.3 Å². The first-order valence-corrected chi connectivity index (χ1v) is 5.49. The minimum Gasteiger partial charge on any atom is -0.376 e. The van der Waals surface area contributed by atoms with E-state index in [4.69, 9.17) is 10.5 Å². The normalized spacial score (nSPS) is 9.53. The third-order valence-corrected chi connectivity index (χ3v) is 2.32. The largest absolute Gasteiger partial charge is 0.376 e. The smallest absolute Gasteiger partial charge is 0.152 e. The number of benzene rings is 1. The van der Waals surface area contributed by atoms with Gasteiger partial charge in [0, 0.05) is 20.3 Å². The standard InChI is InChI=1S/C14H13FN4/c1-19(2)14(11(9-16)10-17)7-8-18-13-6-4-3-5-12(13)15/h3-8,18H,1-2H3. The Labute approximate surface area is 111 Å². The number of likely N-dealkylation sites (N-methyl/N-ethyl adjacent to an activating group) is 1. The van der Waals surface area contributed by atoms with Gasteiger partial charge in [0.2, 0.25) is 0 Å². The Kier molecular flexibility index (Phi) is 5.13. The van der Waals surface area contributed by atoms with Gasteiger partial charge in [0.05, 0.1) is 11.4 Å². The Balaban J connectivity index is 2.92. The van der Waals surface area contributed by atoms with E-state index in [9.17, 15) is 4.39 Å². The molecule has 0 aliphatic heterocycles. The van der Waals surface area contributed by atoms with Crippen LogP contribution in [0.3, 0.4) is 0 Å². The summed E-state index contributed by atoms with van der Waals surface area (Å²) >= 11 is 0. The molecule has 1 N–H and O–H groups in total. The van der Waals surface area contributed by atoms with E-state index in [2.05, 4.69) is 5.32 Å². The summed E-state index contributed by atoms with van der Waals surface area (Å²) in [6.45, 7) is 0. The fourth-order valence-corrected chi connectivity index (χ4v) is 1.38. The molecule has 0 radical (unpaired) electrons. The quantitative estimate of drug-likeness (QED) is 0.664. The van der Waals surface area contributed by atoms with Crippen LogP contribution >= 0.6 is 0 Å². The van der Waals surface area contributed by atoms with Gasteiger partial charge in [0.1, 0.15) is 18.0 Å². The van der Waals surface area contributed by atoms with Crippen LogP contribution in [0.4, 0.5) is 10.1 Å². The number of rotatable bonds is 4. The number of nitriles is 2. The van der Waals surface area contributed by atoms with Gasteiger partial charge >= 0.3 is 0 Å². The molecule has 96 valence electrons. The highest BCUT2D eigenvalue weighted by Crippen LogP contribution is 2.13. The molecule has 0 saturated carbocycles. The van der Waals surface area contributed by atoms with Gasteiger partial charge in [-0.1, -0.05) is 12.1 Å². The van der Waals surface area contributed by atoms with E-state index >= 15 is 0 Å². The minimum absolute atomic E-state index is 0.00316. The first-order chi connectivity index (χ1) is 9.10. The van der Waals surface area contributed by atoms with Crippen LogP contribution in [-0.4, -0.2) is 19.0 Å². The van der Waals surface area contributed by atoms with Gasteiger partial charge in [0.25, 0.3) is 0 Å². The molecule has 0 aromatic heterocycles. The van der Waals surface area contributed by atoms with Crippen LogP contribution in [0.1, 0.15) is 0 Å². The van der Waals surface area contributed by atoms with Crippen LogP contribution in [0.2, 0.25) is 0 Å². The zero-order valence-corrected chi connectivity index (χ0v) is 10.7. The highest BCUT2D eigenvalue weighted by Gasteiger charge is 2.05. The van der Waals surface area contributed by atoms with Crippen molar-refractivity contribution in [3.63, 3.8) is 0 Å². The molecule has 0 amide bonds. The van der Waals surface area contributed by atoms with Crippen molar-refractivity contribution in [1.82, 2.24) is 4.90 Å². The summed E-state index contributed by atoms with van der Waals surface area (Å²) in [6, 6.07) is 9.87. The van der Waals surface area contributed by atoms with Gasteiger partial charge in [0.15, 0.2) is 5.57 Å². The summed E-state index contributed by atoms with van der Waals surface area (Å²) in [7, 11) is 3.44. The van der Waals surface area contributed by atoms with E-state index < -0.39 is 0 Å². The molecule has 5 heteroatoms. The molecule has 0 aliphatic rings. The number of halogens is 1. The first-order valence-electron chi connectivity index (χ1n) is 5.49. The van der Waals surface area contributed by atoms with E-state index in [1.165, 1.54) is 12.3 Å². The van der Waals surface area contributed by atoms with E-state index in [0.29, 0.717) is 11.4 Å². The lowest BCUT2D eigenvalue weighted by Gasteiger charge is -2.13. The Morgan fingerprint density at radius 2 is 1.89 bits per heavy atom. The molecular formula is C14H13FN4. The van der Waals surface area contributed by atoms with Crippen molar-refractivity contribution >= 4 is 5.69 Å². The summed E-state index contributed by atoms with van der Waals surface area (Å²) in [4.78, 5) is 1.64. The number of hydrogen-bond acceptors (Lipinski definition) is 4. The first kappa shape index (κ1) is 14.3. The topological polar surface area (TPSA) is 62.9 Å². The van der Waals surface area contributed by atoms with Gasteiger partial charge in [-0.15, -0.1) is 0 Å². The maximum Gasteiger partial charge on any atom is 0.152 e. The number of allylic oxidation sites excluding steroid dienone is 2. The molecule has 0 spiro atoms. The fraction of sp³-hybridized carbons (Fsp3) is 0.143. The summed E-state index contributed by atoms with van der Waals surface area (Å²) in [5, 5.41) is 20.4. The number of hydrogen-bond donors (Lipinski definition) is 1. The third kappa shape index (κ3) is 3.86. The number of nitrogens with one attached hydrogen (secondary N) is 1. The van der Waals surface area contributed by atoms with Crippen LogP contribution in [0.15, 0.2) is 47.8 Å². The van der Waals surface area contributed by atoms with Gasteiger partial charge in [-0.3, -0.25) is 0 Å². The lowest BCUT2D eigenvalue weighted by molar-refractivity contribution is 0.527. The van der Waals surface area contributed by atoms with Crippen molar-refractivity contribution < 1.29 is 4.39 Å². The van der Waals surface area contributed by atoms with Gasteiger partial charge in [-0.25, -0.2) is 4.39 Å². The molecule has 0 heterocycles. The van der Waals surface area contributed by atoms with Crippen LogP contribution in [0.5, 0.6) is 0 Å². The average Bonchev–Trinajstić information content (AvgIpc) is 2.40. The summed E-state index contributed by atoms with van der Waals surface area (Å²) in [5.74, 6) is -0.372. The van der Waals surface area contributed by atoms with Crippen molar-refractivity contribution in [1.29, 1.82) is 10.5 Å². The zero-order chi connectivity index (χ0) is 14.3. The van der Waals surface area contributed by atoms with Crippen LogP contribution in [0.25, 0.3) is 0 Å². The maximum atomic E-state index is 13.3. The van der Waals surface area contributed by atoms with Gasteiger partial charge in [-0.2, -0.15) is 10.5 Å². The highest BCUT2D eigenvalue weighted by molar-refractivity contribution is 5.49. The minimum atomic E-state index is -0.372. The van der Waals surface area contributed by atoms with Crippen LogP contribution in [0, 0.1) is 28.5 Å². The number of nitrogens with zero attached hydrogens (tertiary/aromatic N) is 3. The predicted octanol–water partition coefficient (Wildman–Crippen LogP) is 2.61. The highest BCUT2D eigenvalue weighted by atomic mass is 19.1.